The van der Waals surface area contributed by atoms with Gasteiger partial charge in [-0.05, 0) is 24.3 Å². The van der Waals surface area contributed by atoms with Gasteiger partial charge in [0.1, 0.15) is 17.0 Å². The number of carbonyl (C=O) groups is 1. The summed E-state index contributed by atoms with van der Waals surface area (Å²) >= 11 is 0. The second-order valence-electron chi connectivity index (χ2n) is 5.96. The fourth-order valence-corrected chi connectivity index (χ4v) is 2.84. The molecular formula is C18H13F3N6O2. The Bertz CT molecular complexity index is 1200. The molecule has 2 N–H and O–H groups in total. The number of fused-ring (bicyclic) bond motifs is 1. The molecule has 0 radical (unpaired) electrons. The summed E-state index contributed by atoms with van der Waals surface area (Å²) in [5, 5.41) is 13.2. The summed E-state index contributed by atoms with van der Waals surface area (Å²) in [5.41, 5.74) is 0.0476. The van der Waals surface area contributed by atoms with Gasteiger partial charge in [-0.3, -0.25) is 9.89 Å². The van der Waals surface area contributed by atoms with E-state index in [1.807, 2.05) is 0 Å². The normalized spacial score (nSPS) is 11.6. The van der Waals surface area contributed by atoms with E-state index in [0.717, 1.165) is 12.1 Å². The number of anilines is 1. The summed E-state index contributed by atoms with van der Waals surface area (Å²) in [6, 6.07) is 4.70. The molecule has 4 aromatic rings. The van der Waals surface area contributed by atoms with Crippen molar-refractivity contribution in [1.82, 2.24) is 24.8 Å². The number of amides is 1. The molecule has 8 nitrogen and oxygen atoms in total. The van der Waals surface area contributed by atoms with Crippen LogP contribution in [0.25, 0.3) is 16.9 Å². The Hall–Kier alpha value is -3.89. The van der Waals surface area contributed by atoms with E-state index >= 15 is 0 Å². The minimum atomic E-state index is -4.54. The van der Waals surface area contributed by atoms with Gasteiger partial charge in [0.2, 0.25) is 0 Å². The average molecular weight is 402 g/mol. The van der Waals surface area contributed by atoms with E-state index in [-0.39, 0.29) is 28.3 Å². The first kappa shape index (κ1) is 18.5. The Morgan fingerprint density at radius 2 is 2.14 bits per heavy atom. The molecule has 0 unspecified atom stereocenters. The lowest BCUT2D eigenvalue weighted by Gasteiger charge is -2.13. The van der Waals surface area contributed by atoms with Crippen molar-refractivity contribution < 1.29 is 22.7 Å². The number of nitrogens with one attached hydrogen (secondary N) is 2. The van der Waals surface area contributed by atoms with Gasteiger partial charge in [0.25, 0.3) is 5.91 Å². The molecule has 0 aliphatic heterocycles. The van der Waals surface area contributed by atoms with Gasteiger partial charge in [-0.15, -0.1) is 0 Å². The number of benzene rings is 1. The third-order valence-corrected chi connectivity index (χ3v) is 4.19. The van der Waals surface area contributed by atoms with Crippen LogP contribution in [-0.2, 0) is 6.18 Å². The number of aromatic amines is 1. The number of nitrogens with zero attached hydrogens (tertiary/aromatic N) is 4. The van der Waals surface area contributed by atoms with Crippen molar-refractivity contribution in [3.05, 3.63) is 60.2 Å². The number of halogens is 3. The Morgan fingerprint density at radius 3 is 2.90 bits per heavy atom. The van der Waals surface area contributed by atoms with Gasteiger partial charge >= 0.3 is 6.18 Å². The number of hydrogen-bond donors (Lipinski definition) is 2. The first-order valence-corrected chi connectivity index (χ1v) is 8.27. The molecule has 1 aromatic carbocycles. The first-order valence-electron chi connectivity index (χ1n) is 8.27. The monoisotopic (exact) mass is 402 g/mol. The molecule has 4 rings (SSSR count). The summed E-state index contributed by atoms with van der Waals surface area (Å²) in [4.78, 5) is 16.8. The highest BCUT2D eigenvalue weighted by Gasteiger charge is 2.32. The van der Waals surface area contributed by atoms with E-state index in [2.05, 4.69) is 25.6 Å². The minimum absolute atomic E-state index is 0.0804. The Morgan fingerprint density at radius 1 is 1.31 bits per heavy atom. The maximum Gasteiger partial charge on any atom is 0.416 e. The zero-order valence-electron chi connectivity index (χ0n) is 14.9. The third kappa shape index (κ3) is 3.37. The van der Waals surface area contributed by atoms with Crippen molar-refractivity contribution in [2.24, 2.45) is 0 Å². The maximum atomic E-state index is 13.1. The molecule has 148 valence electrons. The number of methoxy groups -OCH3 is 1. The Balaban J connectivity index is 1.72. The third-order valence-electron chi connectivity index (χ3n) is 4.19. The van der Waals surface area contributed by atoms with Gasteiger partial charge in [0.15, 0.2) is 5.65 Å². The highest BCUT2D eigenvalue weighted by Crippen LogP contribution is 2.38. The fraction of sp³-hybridized carbons (Fsp3) is 0.111. The number of H-pyrrole nitrogens is 1. The van der Waals surface area contributed by atoms with Gasteiger partial charge in [0.05, 0.1) is 24.6 Å². The van der Waals surface area contributed by atoms with E-state index in [0.29, 0.717) is 5.65 Å². The average Bonchev–Trinajstić information content (AvgIpc) is 3.33. The molecule has 1 amide bonds. The standard InChI is InChI=1S/C18H13F3N6O2/c1-29-14-4-3-10(18(19,20)21)7-11(14)15-13(9-23-26-15)25-17(28)12-8-24-27-6-2-5-22-16(12)27/h2-9H,1H3,(H,23,26)(H,25,28). The van der Waals surface area contributed by atoms with Crippen molar-refractivity contribution in [1.29, 1.82) is 0 Å². The molecule has 0 atom stereocenters. The summed E-state index contributed by atoms with van der Waals surface area (Å²) in [6.45, 7) is 0. The van der Waals surface area contributed by atoms with Crippen molar-refractivity contribution in [2.75, 3.05) is 12.4 Å². The second kappa shape index (κ2) is 6.93. The lowest BCUT2D eigenvalue weighted by Crippen LogP contribution is -2.12. The fourth-order valence-electron chi connectivity index (χ4n) is 2.84. The molecule has 0 saturated heterocycles. The summed E-state index contributed by atoms with van der Waals surface area (Å²) in [7, 11) is 1.33. The quantitative estimate of drug-likeness (QED) is 0.545. The molecule has 0 saturated carbocycles. The molecule has 3 aromatic heterocycles. The smallest absolute Gasteiger partial charge is 0.416 e. The van der Waals surface area contributed by atoms with Crippen molar-refractivity contribution in [3.8, 4) is 17.0 Å². The van der Waals surface area contributed by atoms with E-state index in [9.17, 15) is 18.0 Å². The number of carbonyl (C=O) groups excluding carboxylic acids is 1. The van der Waals surface area contributed by atoms with Crippen LogP contribution in [0.1, 0.15) is 15.9 Å². The maximum absolute atomic E-state index is 13.1. The molecule has 0 aliphatic carbocycles. The van der Waals surface area contributed by atoms with Crippen LogP contribution >= 0.6 is 0 Å². The van der Waals surface area contributed by atoms with Crippen LogP contribution in [0.5, 0.6) is 5.75 Å². The van der Waals surface area contributed by atoms with Gasteiger partial charge < -0.3 is 10.1 Å². The van der Waals surface area contributed by atoms with Crippen molar-refractivity contribution in [2.45, 2.75) is 6.18 Å². The summed E-state index contributed by atoms with van der Waals surface area (Å²) in [5.74, 6) is -0.356. The molecule has 3 heterocycles. The second-order valence-corrected chi connectivity index (χ2v) is 5.96. The summed E-state index contributed by atoms with van der Waals surface area (Å²) in [6.07, 6.45) is 1.33. The van der Waals surface area contributed by atoms with Crippen molar-refractivity contribution in [3.63, 3.8) is 0 Å². The van der Waals surface area contributed by atoms with Gasteiger partial charge in [-0.25, -0.2) is 9.50 Å². The van der Waals surface area contributed by atoms with Crippen LogP contribution in [0.4, 0.5) is 18.9 Å². The van der Waals surface area contributed by atoms with Crippen LogP contribution in [-0.4, -0.2) is 37.8 Å². The van der Waals surface area contributed by atoms with E-state index < -0.39 is 17.6 Å². The number of rotatable bonds is 4. The van der Waals surface area contributed by atoms with Crippen LogP contribution in [0.2, 0.25) is 0 Å². The zero-order valence-corrected chi connectivity index (χ0v) is 14.9. The predicted octanol–water partition coefficient (Wildman–Crippen LogP) is 3.40. The van der Waals surface area contributed by atoms with Crippen LogP contribution in [0.15, 0.2) is 49.1 Å². The van der Waals surface area contributed by atoms with Gasteiger partial charge in [-0.2, -0.15) is 23.4 Å². The lowest BCUT2D eigenvalue weighted by atomic mass is 10.1. The molecule has 0 bridgehead atoms. The molecule has 0 spiro atoms. The Kier molecular flexibility index (Phi) is 4.41. The molecule has 0 aliphatic rings. The number of ether oxygens (including phenoxy) is 1. The molecule has 0 fully saturated rings. The van der Waals surface area contributed by atoms with Gasteiger partial charge in [0, 0.05) is 24.2 Å². The number of hydrogen-bond acceptors (Lipinski definition) is 5. The lowest BCUT2D eigenvalue weighted by molar-refractivity contribution is -0.137. The van der Waals surface area contributed by atoms with Crippen molar-refractivity contribution >= 4 is 17.2 Å². The Labute approximate surface area is 161 Å². The highest BCUT2D eigenvalue weighted by molar-refractivity contribution is 6.09. The molecular weight excluding hydrogens is 389 g/mol. The number of alkyl halides is 3. The zero-order chi connectivity index (χ0) is 20.6. The number of aromatic nitrogens is 5. The van der Waals surface area contributed by atoms with Gasteiger partial charge in [-0.1, -0.05) is 0 Å². The largest absolute Gasteiger partial charge is 0.496 e. The minimum Gasteiger partial charge on any atom is -0.496 e. The topological polar surface area (TPSA) is 97.2 Å². The first-order chi connectivity index (χ1) is 13.9. The van der Waals surface area contributed by atoms with E-state index in [1.54, 1.807) is 12.3 Å². The van der Waals surface area contributed by atoms with E-state index in [4.69, 9.17) is 4.74 Å². The van der Waals surface area contributed by atoms with Crippen LogP contribution < -0.4 is 10.1 Å². The SMILES string of the molecule is COc1ccc(C(F)(F)F)cc1-c1n[nH]cc1NC(=O)c1cnn2cccnc12. The van der Waals surface area contributed by atoms with Crippen LogP contribution in [0, 0.1) is 0 Å². The molecule has 29 heavy (non-hydrogen) atoms. The summed E-state index contributed by atoms with van der Waals surface area (Å²) < 4.78 is 46.0. The molecule has 11 heteroatoms. The van der Waals surface area contributed by atoms with E-state index in [1.165, 1.54) is 36.3 Å². The highest BCUT2D eigenvalue weighted by atomic mass is 19.4. The predicted molar refractivity (Wildman–Crippen MR) is 96.5 cm³/mol. The van der Waals surface area contributed by atoms with Crippen LogP contribution in [0.3, 0.4) is 0 Å².